The zero-order valence-corrected chi connectivity index (χ0v) is 15.5. The highest BCUT2D eigenvalue weighted by molar-refractivity contribution is 5.79. The molecule has 148 valence electrons. The molecule has 27 heavy (non-hydrogen) atoms. The maximum absolute atomic E-state index is 12.5. The van der Waals surface area contributed by atoms with Crippen LogP contribution >= 0.6 is 0 Å². The molecule has 0 saturated carbocycles. The molecule has 2 aromatic rings. The number of nitrogens with one attached hydrogen (secondary N) is 2. The first kappa shape index (κ1) is 20.5. The van der Waals surface area contributed by atoms with Gasteiger partial charge in [0.05, 0.1) is 13.7 Å². The van der Waals surface area contributed by atoms with Gasteiger partial charge in [0.2, 0.25) is 0 Å². The van der Waals surface area contributed by atoms with Crippen LogP contribution in [0.5, 0.6) is 11.5 Å². The average molecular weight is 381 g/mol. The fraction of sp³-hybridized carbons (Fsp3) is 0.444. The average Bonchev–Trinajstić information content (AvgIpc) is 3.16. The molecule has 0 radical (unpaired) electrons. The Morgan fingerprint density at radius 3 is 2.81 bits per heavy atom. The molecule has 2 N–H and O–H groups in total. The van der Waals surface area contributed by atoms with Crippen LogP contribution in [-0.2, 0) is 13.1 Å². The molecule has 9 heteroatoms. The predicted octanol–water partition coefficient (Wildman–Crippen LogP) is 2.64. The van der Waals surface area contributed by atoms with Crippen molar-refractivity contribution in [2.75, 3.05) is 20.2 Å². The van der Waals surface area contributed by atoms with Crippen molar-refractivity contribution in [3.63, 3.8) is 0 Å². The number of ether oxygens (including phenoxy) is 2. The lowest BCUT2D eigenvalue weighted by Gasteiger charge is -2.13. The van der Waals surface area contributed by atoms with Crippen molar-refractivity contribution in [3.8, 4) is 11.5 Å². The summed E-state index contributed by atoms with van der Waals surface area (Å²) in [5, 5.41) is 10.6. The molecule has 1 heterocycles. The highest BCUT2D eigenvalue weighted by Crippen LogP contribution is 2.29. The van der Waals surface area contributed by atoms with Crippen LogP contribution in [0.2, 0.25) is 0 Å². The quantitative estimate of drug-likeness (QED) is 0.376. The van der Waals surface area contributed by atoms with Crippen molar-refractivity contribution in [3.05, 3.63) is 42.2 Å². The lowest BCUT2D eigenvalue weighted by atomic mass is 10.2. The number of hydrogen-bond acceptors (Lipinski definition) is 4. The van der Waals surface area contributed by atoms with Gasteiger partial charge < -0.3 is 20.1 Å². The lowest BCUT2D eigenvalue weighted by molar-refractivity contribution is -0.0512. The third kappa shape index (κ3) is 7.12. The molecule has 1 aromatic carbocycles. The minimum absolute atomic E-state index is 0.00242. The van der Waals surface area contributed by atoms with Crippen molar-refractivity contribution in [1.29, 1.82) is 0 Å². The molecule has 0 spiro atoms. The van der Waals surface area contributed by atoms with E-state index in [9.17, 15) is 8.78 Å². The maximum Gasteiger partial charge on any atom is 0.387 e. The number of alkyl halides is 2. The normalized spacial score (nSPS) is 11.5. The van der Waals surface area contributed by atoms with Crippen LogP contribution < -0.4 is 20.1 Å². The summed E-state index contributed by atoms with van der Waals surface area (Å²) in [6, 6.07) is 6.75. The first-order valence-electron chi connectivity index (χ1n) is 8.73. The molecule has 1 aromatic heterocycles. The van der Waals surface area contributed by atoms with Crippen LogP contribution in [0, 0.1) is 0 Å². The fourth-order valence-electron chi connectivity index (χ4n) is 2.40. The van der Waals surface area contributed by atoms with Gasteiger partial charge in [-0.15, -0.1) is 0 Å². The Morgan fingerprint density at radius 2 is 2.15 bits per heavy atom. The number of halogens is 2. The third-order valence-electron chi connectivity index (χ3n) is 3.62. The maximum atomic E-state index is 12.5. The minimum Gasteiger partial charge on any atom is -0.493 e. The number of aromatic nitrogens is 2. The Labute approximate surface area is 157 Å². The summed E-state index contributed by atoms with van der Waals surface area (Å²) < 4.78 is 36.5. The molecule has 0 atom stereocenters. The molecule has 0 bridgehead atoms. The zero-order chi connectivity index (χ0) is 19.5. The number of rotatable bonds is 10. The first-order chi connectivity index (χ1) is 13.1. The van der Waals surface area contributed by atoms with E-state index in [0.717, 1.165) is 25.1 Å². The second kappa shape index (κ2) is 11.0. The van der Waals surface area contributed by atoms with Crippen LogP contribution in [0.1, 0.15) is 18.9 Å². The van der Waals surface area contributed by atoms with Gasteiger partial charge in [-0.3, -0.25) is 4.68 Å². The number of aliphatic imine (C=N–C) groups is 1. The fourth-order valence-corrected chi connectivity index (χ4v) is 2.40. The Kier molecular flexibility index (Phi) is 8.34. The largest absolute Gasteiger partial charge is 0.493 e. The standard InChI is InChI=1S/C18H25F2N5O2/c1-3-21-18(22-8-4-10-25-11-5-9-24-25)23-13-14-6-7-15(26-2)16(12-14)27-17(19)20/h5-7,9,11-12,17H,3-4,8,10,13H2,1-2H3,(H2,21,22,23). The summed E-state index contributed by atoms with van der Waals surface area (Å²) >= 11 is 0. The van der Waals surface area contributed by atoms with Crippen LogP contribution in [0.15, 0.2) is 41.7 Å². The molecule has 2 rings (SSSR count). The van der Waals surface area contributed by atoms with Gasteiger partial charge in [-0.1, -0.05) is 6.07 Å². The smallest absolute Gasteiger partial charge is 0.387 e. The van der Waals surface area contributed by atoms with E-state index in [2.05, 4.69) is 25.5 Å². The summed E-state index contributed by atoms with van der Waals surface area (Å²) in [6.45, 7) is 1.64. The summed E-state index contributed by atoms with van der Waals surface area (Å²) in [4.78, 5) is 4.48. The van der Waals surface area contributed by atoms with E-state index >= 15 is 0 Å². The van der Waals surface area contributed by atoms with Gasteiger partial charge in [0.1, 0.15) is 0 Å². The molecule has 0 aliphatic carbocycles. The Balaban J connectivity index is 1.92. The van der Waals surface area contributed by atoms with Crippen LogP contribution in [0.25, 0.3) is 0 Å². The minimum atomic E-state index is -2.91. The van der Waals surface area contributed by atoms with Gasteiger partial charge in [0, 0.05) is 32.0 Å². The monoisotopic (exact) mass is 381 g/mol. The Bertz CT molecular complexity index is 708. The molecular formula is C18H25F2N5O2. The summed E-state index contributed by atoms with van der Waals surface area (Å²) in [7, 11) is 1.40. The van der Waals surface area contributed by atoms with E-state index in [-0.39, 0.29) is 11.5 Å². The molecular weight excluding hydrogens is 356 g/mol. The van der Waals surface area contributed by atoms with E-state index in [1.807, 2.05) is 23.9 Å². The van der Waals surface area contributed by atoms with Crippen molar-refractivity contribution >= 4 is 5.96 Å². The molecule has 0 aliphatic rings. The van der Waals surface area contributed by atoms with E-state index in [4.69, 9.17) is 4.74 Å². The van der Waals surface area contributed by atoms with Gasteiger partial charge >= 0.3 is 6.61 Å². The zero-order valence-electron chi connectivity index (χ0n) is 15.5. The molecule has 0 saturated heterocycles. The van der Waals surface area contributed by atoms with Crippen LogP contribution in [-0.4, -0.2) is 42.6 Å². The molecule has 0 unspecified atom stereocenters. The van der Waals surface area contributed by atoms with Gasteiger partial charge in [0.25, 0.3) is 0 Å². The van der Waals surface area contributed by atoms with Crippen LogP contribution in [0.4, 0.5) is 8.78 Å². The van der Waals surface area contributed by atoms with Crippen molar-refractivity contribution in [2.24, 2.45) is 4.99 Å². The SMILES string of the molecule is CCNC(=NCc1ccc(OC)c(OC(F)F)c1)NCCCn1cccn1. The highest BCUT2D eigenvalue weighted by Gasteiger charge is 2.11. The highest BCUT2D eigenvalue weighted by atomic mass is 19.3. The number of aryl methyl sites for hydroxylation is 1. The number of hydrogen-bond donors (Lipinski definition) is 2. The summed E-state index contributed by atoms with van der Waals surface area (Å²) in [5.41, 5.74) is 0.736. The van der Waals surface area contributed by atoms with E-state index < -0.39 is 6.61 Å². The molecule has 7 nitrogen and oxygen atoms in total. The van der Waals surface area contributed by atoms with E-state index in [1.54, 1.807) is 18.3 Å². The second-order valence-corrected chi connectivity index (χ2v) is 5.61. The van der Waals surface area contributed by atoms with E-state index in [0.29, 0.717) is 19.0 Å². The van der Waals surface area contributed by atoms with E-state index in [1.165, 1.54) is 13.2 Å². The topological polar surface area (TPSA) is 72.7 Å². The van der Waals surface area contributed by atoms with Crippen molar-refractivity contribution in [2.45, 2.75) is 33.0 Å². The molecule has 0 aliphatic heterocycles. The molecule has 0 fully saturated rings. The van der Waals surface area contributed by atoms with Gasteiger partial charge in [-0.2, -0.15) is 13.9 Å². The molecule has 0 amide bonds. The first-order valence-corrected chi connectivity index (χ1v) is 8.73. The number of nitrogens with zero attached hydrogens (tertiary/aromatic N) is 3. The van der Waals surface area contributed by atoms with Gasteiger partial charge in [-0.05, 0) is 37.1 Å². The number of guanidine groups is 1. The number of methoxy groups -OCH3 is 1. The lowest BCUT2D eigenvalue weighted by Crippen LogP contribution is -2.38. The summed E-state index contributed by atoms with van der Waals surface area (Å²) in [5.74, 6) is 0.911. The van der Waals surface area contributed by atoms with Gasteiger partial charge in [-0.25, -0.2) is 4.99 Å². The van der Waals surface area contributed by atoms with Crippen molar-refractivity contribution in [1.82, 2.24) is 20.4 Å². The third-order valence-corrected chi connectivity index (χ3v) is 3.62. The second-order valence-electron chi connectivity index (χ2n) is 5.61. The number of benzene rings is 1. The van der Waals surface area contributed by atoms with Gasteiger partial charge in [0.15, 0.2) is 17.5 Å². The predicted molar refractivity (Wildman–Crippen MR) is 99.3 cm³/mol. The summed E-state index contributed by atoms with van der Waals surface area (Å²) in [6.07, 6.45) is 4.56. The van der Waals surface area contributed by atoms with Crippen LogP contribution in [0.3, 0.4) is 0 Å². The Hall–Kier alpha value is -2.84. The Morgan fingerprint density at radius 1 is 1.30 bits per heavy atom. The van der Waals surface area contributed by atoms with Crippen molar-refractivity contribution < 1.29 is 18.3 Å².